The number of nitrogens with zero attached hydrogens (tertiary/aromatic N) is 1. The lowest BCUT2D eigenvalue weighted by Crippen LogP contribution is -2.42. The van der Waals surface area contributed by atoms with E-state index in [0.29, 0.717) is 5.56 Å². The number of hydrogen-bond acceptors (Lipinski definition) is 7. The van der Waals surface area contributed by atoms with E-state index in [4.69, 9.17) is 14.9 Å². The number of nitrogens with two attached hydrogens (primary N) is 1. The number of hydrogen-bond donors (Lipinski definition) is 2. The van der Waals surface area contributed by atoms with E-state index >= 15 is 0 Å². The number of benzene rings is 1. The third kappa shape index (κ3) is 4.41. The second kappa shape index (κ2) is 7.25. The molecule has 0 aliphatic heterocycles. The third-order valence-corrected chi connectivity index (χ3v) is 3.07. The van der Waals surface area contributed by atoms with Crippen LogP contribution in [0.5, 0.6) is 0 Å². The molecule has 0 aliphatic rings. The minimum atomic E-state index is -1.26. The maximum atomic E-state index is 11.9. The van der Waals surface area contributed by atoms with Crippen LogP contribution in [0.25, 0.3) is 11.3 Å². The Morgan fingerprint density at radius 2 is 1.84 bits per heavy atom. The molecule has 2 rings (SSSR count). The highest BCUT2D eigenvalue weighted by Gasteiger charge is 2.22. The number of nitrogens with one attached hydrogen (secondary N) is 1. The molecule has 0 saturated heterocycles. The monoisotopic (exact) mass is 347 g/mol. The molecule has 0 bridgehead atoms. The molecule has 1 aromatic carbocycles. The van der Waals surface area contributed by atoms with E-state index in [-0.39, 0.29) is 17.2 Å². The number of nitro benzene ring substituents is 1. The number of nitro groups is 1. The Balaban J connectivity index is 2.07. The fraction of sp³-hybridized carbons (Fsp3) is 0.133. The zero-order valence-corrected chi connectivity index (χ0v) is 12.9. The zero-order valence-electron chi connectivity index (χ0n) is 12.9. The molecule has 0 fully saturated rings. The first-order valence-corrected chi connectivity index (χ1v) is 6.94. The summed E-state index contributed by atoms with van der Waals surface area (Å²) in [5.41, 5.74) is 5.24. The number of primary amides is 1. The number of carbonyl (C=O) groups excluding carboxylic acids is 3. The number of carbonyl (C=O) groups is 3. The van der Waals surface area contributed by atoms with Crippen LogP contribution in [0, 0.1) is 10.1 Å². The van der Waals surface area contributed by atoms with Gasteiger partial charge in [-0.3, -0.25) is 20.2 Å². The topological polar surface area (TPSA) is 155 Å². The minimum absolute atomic E-state index is 0.0794. The van der Waals surface area contributed by atoms with Crippen molar-refractivity contribution >= 4 is 23.6 Å². The maximum absolute atomic E-state index is 11.9. The van der Waals surface area contributed by atoms with Gasteiger partial charge in [0.05, 0.1) is 4.92 Å². The highest BCUT2D eigenvalue weighted by atomic mass is 16.6. The van der Waals surface area contributed by atoms with Gasteiger partial charge in [0.2, 0.25) is 5.76 Å². The summed E-state index contributed by atoms with van der Waals surface area (Å²) in [5.74, 6) is -1.67. The highest BCUT2D eigenvalue weighted by Crippen LogP contribution is 2.25. The number of esters is 1. The number of furan rings is 1. The lowest BCUT2D eigenvalue weighted by Gasteiger charge is -2.10. The van der Waals surface area contributed by atoms with Gasteiger partial charge in [0.25, 0.3) is 11.6 Å². The molecule has 1 heterocycles. The second-order valence-electron chi connectivity index (χ2n) is 4.87. The van der Waals surface area contributed by atoms with E-state index < -0.39 is 28.9 Å². The van der Waals surface area contributed by atoms with Gasteiger partial charge in [-0.1, -0.05) is 0 Å². The molecule has 0 unspecified atom stereocenters. The third-order valence-electron chi connectivity index (χ3n) is 3.07. The van der Waals surface area contributed by atoms with Crippen molar-refractivity contribution in [1.82, 2.24) is 5.32 Å². The van der Waals surface area contributed by atoms with E-state index in [2.05, 4.69) is 0 Å². The summed E-state index contributed by atoms with van der Waals surface area (Å²) in [4.78, 5) is 44.1. The summed E-state index contributed by atoms with van der Waals surface area (Å²) in [7, 11) is 0. The first-order chi connectivity index (χ1) is 11.8. The molecule has 0 spiro atoms. The zero-order chi connectivity index (χ0) is 18.6. The normalized spacial score (nSPS) is 11.4. The van der Waals surface area contributed by atoms with Crippen LogP contribution in [-0.4, -0.2) is 28.9 Å². The average Bonchev–Trinajstić information content (AvgIpc) is 3.04. The number of imide groups is 1. The van der Waals surface area contributed by atoms with Gasteiger partial charge in [0, 0.05) is 17.7 Å². The average molecular weight is 347 g/mol. The van der Waals surface area contributed by atoms with Crippen molar-refractivity contribution in [2.75, 3.05) is 0 Å². The van der Waals surface area contributed by atoms with Crippen LogP contribution in [0.3, 0.4) is 0 Å². The van der Waals surface area contributed by atoms with E-state index in [1.807, 2.05) is 0 Å². The summed E-state index contributed by atoms with van der Waals surface area (Å²) in [5, 5.41) is 12.4. The molecule has 10 heteroatoms. The van der Waals surface area contributed by atoms with Crippen molar-refractivity contribution in [3.05, 3.63) is 52.3 Å². The van der Waals surface area contributed by atoms with Crippen LogP contribution in [0.2, 0.25) is 0 Å². The standard InChI is InChI=1S/C15H13N3O7/c1-8(13(19)17-15(16)21)24-14(20)12-7-6-11(25-12)9-2-4-10(5-3-9)18(22)23/h2-8H,1H3,(H3,16,17,19,21)/t8-/m1/s1. The van der Waals surface area contributed by atoms with Crippen molar-refractivity contribution in [2.24, 2.45) is 5.73 Å². The fourth-order valence-electron chi connectivity index (χ4n) is 1.85. The first-order valence-electron chi connectivity index (χ1n) is 6.94. The fourth-order valence-corrected chi connectivity index (χ4v) is 1.85. The number of rotatable bonds is 5. The molecule has 2 aromatic rings. The number of non-ortho nitro benzene ring substituents is 1. The molecule has 3 amide bonds. The molecular formula is C15H13N3O7. The van der Waals surface area contributed by atoms with E-state index in [0.717, 1.165) is 0 Å². The van der Waals surface area contributed by atoms with Crippen LogP contribution in [-0.2, 0) is 9.53 Å². The lowest BCUT2D eigenvalue weighted by atomic mass is 10.1. The Bertz CT molecular complexity index is 826. The Kier molecular flexibility index (Phi) is 5.12. The molecule has 1 atom stereocenters. The van der Waals surface area contributed by atoms with Crippen LogP contribution in [0.4, 0.5) is 10.5 Å². The van der Waals surface area contributed by atoms with Crippen molar-refractivity contribution in [1.29, 1.82) is 0 Å². The highest BCUT2D eigenvalue weighted by molar-refractivity contribution is 5.97. The number of ether oxygens (including phenoxy) is 1. The summed E-state index contributed by atoms with van der Waals surface area (Å²) in [6, 6.07) is 7.28. The van der Waals surface area contributed by atoms with Crippen LogP contribution in [0.15, 0.2) is 40.8 Å². The van der Waals surface area contributed by atoms with E-state index in [9.17, 15) is 24.5 Å². The van der Waals surface area contributed by atoms with Crippen LogP contribution in [0.1, 0.15) is 17.5 Å². The Labute approximate surface area is 140 Å². The lowest BCUT2D eigenvalue weighted by molar-refractivity contribution is -0.384. The Hall–Kier alpha value is -3.69. The van der Waals surface area contributed by atoms with Gasteiger partial charge in [-0.2, -0.15) is 0 Å². The second-order valence-corrected chi connectivity index (χ2v) is 4.87. The minimum Gasteiger partial charge on any atom is -0.449 e. The summed E-state index contributed by atoms with van der Waals surface area (Å²) in [6.45, 7) is 1.26. The number of amides is 3. The van der Waals surface area contributed by atoms with Gasteiger partial charge < -0.3 is 14.9 Å². The molecule has 1 aromatic heterocycles. The van der Waals surface area contributed by atoms with Gasteiger partial charge in [0.15, 0.2) is 6.10 Å². The van der Waals surface area contributed by atoms with Crippen molar-refractivity contribution < 1.29 is 28.5 Å². The predicted octanol–water partition coefficient (Wildman–Crippen LogP) is 1.59. The van der Waals surface area contributed by atoms with Crippen molar-refractivity contribution in [3.63, 3.8) is 0 Å². The Morgan fingerprint density at radius 1 is 1.20 bits per heavy atom. The van der Waals surface area contributed by atoms with E-state index in [1.165, 1.54) is 43.3 Å². The summed E-state index contributed by atoms with van der Waals surface area (Å²) in [6.07, 6.45) is -1.26. The maximum Gasteiger partial charge on any atom is 0.375 e. The molecule has 130 valence electrons. The molecule has 10 nitrogen and oxygen atoms in total. The Morgan fingerprint density at radius 3 is 2.40 bits per heavy atom. The predicted molar refractivity (Wildman–Crippen MR) is 83.4 cm³/mol. The molecule has 25 heavy (non-hydrogen) atoms. The SMILES string of the molecule is C[C@@H](OC(=O)c1ccc(-c2ccc([N+](=O)[O-])cc2)o1)C(=O)NC(N)=O. The van der Waals surface area contributed by atoms with Gasteiger partial charge in [0.1, 0.15) is 5.76 Å². The molecular weight excluding hydrogens is 334 g/mol. The summed E-state index contributed by atoms with van der Waals surface area (Å²) >= 11 is 0. The molecule has 0 saturated carbocycles. The number of urea groups is 1. The smallest absolute Gasteiger partial charge is 0.375 e. The first kappa shape index (κ1) is 17.7. The van der Waals surface area contributed by atoms with Crippen LogP contribution < -0.4 is 11.1 Å². The largest absolute Gasteiger partial charge is 0.449 e. The summed E-state index contributed by atoms with van der Waals surface area (Å²) < 4.78 is 10.2. The van der Waals surface area contributed by atoms with E-state index in [1.54, 1.807) is 5.32 Å². The molecule has 3 N–H and O–H groups in total. The van der Waals surface area contributed by atoms with Gasteiger partial charge >= 0.3 is 12.0 Å². The molecule has 0 radical (unpaired) electrons. The van der Waals surface area contributed by atoms with Crippen LogP contribution >= 0.6 is 0 Å². The van der Waals surface area contributed by atoms with Gasteiger partial charge in [-0.15, -0.1) is 0 Å². The molecule has 0 aliphatic carbocycles. The van der Waals surface area contributed by atoms with Crippen molar-refractivity contribution in [2.45, 2.75) is 13.0 Å². The van der Waals surface area contributed by atoms with Gasteiger partial charge in [-0.25, -0.2) is 9.59 Å². The van der Waals surface area contributed by atoms with Gasteiger partial charge in [-0.05, 0) is 31.2 Å². The van der Waals surface area contributed by atoms with Crippen molar-refractivity contribution in [3.8, 4) is 11.3 Å². The quantitative estimate of drug-likeness (QED) is 0.472.